The van der Waals surface area contributed by atoms with Gasteiger partial charge in [0.15, 0.2) is 5.78 Å². The Balaban J connectivity index is 2.20. The van der Waals surface area contributed by atoms with E-state index in [1.807, 2.05) is 11.8 Å². The Bertz CT molecular complexity index is 496. The predicted octanol–water partition coefficient (Wildman–Crippen LogP) is 5.18. The second kappa shape index (κ2) is 6.52. The van der Waals surface area contributed by atoms with Crippen molar-refractivity contribution in [3.63, 3.8) is 0 Å². The summed E-state index contributed by atoms with van der Waals surface area (Å²) in [5.41, 5.74) is -1.05. The summed E-state index contributed by atoms with van der Waals surface area (Å²) >= 11 is 4.86. The van der Waals surface area contributed by atoms with Crippen molar-refractivity contribution in [2.24, 2.45) is 5.92 Å². The molecule has 0 unspecified atom stereocenters. The van der Waals surface area contributed by atoms with E-state index in [1.54, 1.807) is 0 Å². The standard InChI is InChI=1S/C14H14BrF3OS/c15-10-1-2-11(12(8-10)14(16,17)18)13(19)7-9-3-5-20-6-4-9/h1-2,8-9H,3-7H2. The van der Waals surface area contributed by atoms with E-state index in [-0.39, 0.29) is 17.9 Å². The molecule has 1 saturated heterocycles. The quantitative estimate of drug-likeness (QED) is 0.685. The maximum Gasteiger partial charge on any atom is 0.417 e. The van der Waals surface area contributed by atoms with Crippen LogP contribution in [-0.4, -0.2) is 17.3 Å². The summed E-state index contributed by atoms with van der Waals surface area (Å²) < 4.78 is 39.3. The van der Waals surface area contributed by atoms with Crippen molar-refractivity contribution in [3.8, 4) is 0 Å². The van der Waals surface area contributed by atoms with Crippen LogP contribution in [0.1, 0.15) is 35.2 Å². The van der Waals surface area contributed by atoms with Crippen LogP contribution >= 0.6 is 27.7 Å². The molecule has 1 fully saturated rings. The molecular formula is C14H14BrF3OS. The monoisotopic (exact) mass is 366 g/mol. The number of benzene rings is 1. The molecule has 1 heterocycles. The van der Waals surface area contributed by atoms with Crippen molar-refractivity contribution >= 4 is 33.5 Å². The maximum absolute atomic E-state index is 13.0. The minimum absolute atomic E-state index is 0.209. The first-order valence-electron chi connectivity index (χ1n) is 6.35. The van der Waals surface area contributed by atoms with E-state index in [0.717, 1.165) is 30.4 Å². The number of carbonyl (C=O) groups is 1. The number of hydrogen-bond acceptors (Lipinski definition) is 2. The summed E-state index contributed by atoms with van der Waals surface area (Å²) in [6.45, 7) is 0. The first-order chi connectivity index (χ1) is 9.38. The van der Waals surface area contributed by atoms with Crippen LogP contribution < -0.4 is 0 Å². The molecule has 0 N–H and O–H groups in total. The van der Waals surface area contributed by atoms with E-state index >= 15 is 0 Å². The molecule has 20 heavy (non-hydrogen) atoms. The van der Waals surface area contributed by atoms with Gasteiger partial charge in [-0.3, -0.25) is 4.79 Å². The fraction of sp³-hybridized carbons (Fsp3) is 0.500. The van der Waals surface area contributed by atoms with Crippen LogP contribution in [0, 0.1) is 5.92 Å². The number of halogens is 4. The molecule has 0 atom stereocenters. The van der Waals surface area contributed by atoms with Gasteiger partial charge in [0, 0.05) is 16.5 Å². The Morgan fingerprint density at radius 2 is 1.95 bits per heavy atom. The zero-order chi connectivity index (χ0) is 14.8. The van der Waals surface area contributed by atoms with Crippen LogP contribution in [0.5, 0.6) is 0 Å². The number of carbonyl (C=O) groups excluding carboxylic acids is 1. The number of Topliss-reactive ketones (excluding diaryl/α,β-unsaturated/α-hetero) is 1. The van der Waals surface area contributed by atoms with Crippen molar-refractivity contribution in [2.75, 3.05) is 11.5 Å². The molecule has 110 valence electrons. The molecule has 6 heteroatoms. The van der Waals surface area contributed by atoms with Crippen molar-refractivity contribution in [2.45, 2.75) is 25.4 Å². The van der Waals surface area contributed by atoms with Gasteiger partial charge in [0.1, 0.15) is 0 Å². The maximum atomic E-state index is 13.0. The molecule has 1 aliphatic heterocycles. The number of thioether (sulfide) groups is 1. The Morgan fingerprint density at radius 3 is 2.55 bits per heavy atom. The molecule has 0 aromatic heterocycles. The van der Waals surface area contributed by atoms with Crippen molar-refractivity contribution in [3.05, 3.63) is 33.8 Å². The van der Waals surface area contributed by atoms with Crippen LogP contribution in [0.15, 0.2) is 22.7 Å². The lowest BCUT2D eigenvalue weighted by molar-refractivity contribution is -0.138. The predicted molar refractivity (Wildman–Crippen MR) is 78.1 cm³/mol. The molecule has 1 aliphatic rings. The zero-order valence-corrected chi connectivity index (χ0v) is 13.1. The smallest absolute Gasteiger partial charge is 0.294 e. The van der Waals surface area contributed by atoms with E-state index < -0.39 is 17.5 Å². The van der Waals surface area contributed by atoms with Gasteiger partial charge in [0.2, 0.25) is 0 Å². The molecule has 0 amide bonds. The lowest BCUT2D eigenvalue weighted by Gasteiger charge is -2.21. The highest BCUT2D eigenvalue weighted by Gasteiger charge is 2.35. The van der Waals surface area contributed by atoms with Crippen LogP contribution in [0.4, 0.5) is 13.2 Å². The lowest BCUT2D eigenvalue weighted by Crippen LogP contribution is -2.18. The molecular weight excluding hydrogens is 353 g/mol. The highest BCUT2D eigenvalue weighted by atomic mass is 79.9. The number of ketones is 1. The fourth-order valence-electron chi connectivity index (χ4n) is 2.32. The second-order valence-electron chi connectivity index (χ2n) is 4.87. The third-order valence-electron chi connectivity index (χ3n) is 3.40. The first-order valence-corrected chi connectivity index (χ1v) is 8.30. The topological polar surface area (TPSA) is 17.1 Å². The SMILES string of the molecule is O=C(CC1CCSCC1)c1ccc(Br)cc1C(F)(F)F. The molecule has 0 spiro atoms. The summed E-state index contributed by atoms with van der Waals surface area (Å²) in [4.78, 5) is 12.2. The minimum atomic E-state index is -4.50. The van der Waals surface area contributed by atoms with E-state index in [0.29, 0.717) is 4.47 Å². The summed E-state index contributed by atoms with van der Waals surface area (Å²) in [5.74, 6) is 1.80. The van der Waals surface area contributed by atoms with Gasteiger partial charge >= 0.3 is 6.18 Å². The third-order valence-corrected chi connectivity index (χ3v) is 4.94. The van der Waals surface area contributed by atoms with Gasteiger partial charge in [0.25, 0.3) is 0 Å². The molecule has 1 aromatic carbocycles. The number of hydrogen-bond donors (Lipinski definition) is 0. The van der Waals surface area contributed by atoms with E-state index in [4.69, 9.17) is 0 Å². The van der Waals surface area contributed by atoms with Crippen molar-refractivity contribution in [1.29, 1.82) is 0 Å². The van der Waals surface area contributed by atoms with Crippen molar-refractivity contribution in [1.82, 2.24) is 0 Å². The van der Waals surface area contributed by atoms with Gasteiger partial charge in [-0.1, -0.05) is 15.9 Å². The highest BCUT2D eigenvalue weighted by Crippen LogP contribution is 2.35. The third kappa shape index (κ3) is 4.01. The second-order valence-corrected chi connectivity index (χ2v) is 7.01. The Hall–Kier alpha value is -0.490. The molecule has 1 aromatic rings. The average molecular weight is 367 g/mol. The Kier molecular flexibility index (Phi) is 5.18. The van der Waals surface area contributed by atoms with Gasteiger partial charge in [-0.05, 0) is 48.5 Å². The van der Waals surface area contributed by atoms with E-state index in [9.17, 15) is 18.0 Å². The Labute approximate surface area is 128 Å². The molecule has 0 aliphatic carbocycles. The number of rotatable bonds is 3. The van der Waals surface area contributed by atoms with Crippen LogP contribution in [0.3, 0.4) is 0 Å². The van der Waals surface area contributed by atoms with Crippen LogP contribution in [0.2, 0.25) is 0 Å². The highest BCUT2D eigenvalue weighted by molar-refractivity contribution is 9.10. The summed E-state index contributed by atoms with van der Waals surface area (Å²) in [6, 6.07) is 3.73. The minimum Gasteiger partial charge on any atom is -0.294 e. The Morgan fingerprint density at radius 1 is 1.30 bits per heavy atom. The molecule has 2 rings (SSSR count). The molecule has 1 nitrogen and oxygen atoms in total. The normalized spacial score (nSPS) is 17.2. The zero-order valence-electron chi connectivity index (χ0n) is 10.7. The van der Waals surface area contributed by atoms with Gasteiger partial charge in [-0.25, -0.2) is 0 Å². The van der Waals surface area contributed by atoms with E-state index in [1.165, 1.54) is 12.1 Å². The van der Waals surface area contributed by atoms with Crippen LogP contribution in [-0.2, 0) is 6.18 Å². The van der Waals surface area contributed by atoms with Gasteiger partial charge < -0.3 is 0 Å². The van der Waals surface area contributed by atoms with E-state index in [2.05, 4.69) is 15.9 Å². The average Bonchev–Trinajstić information content (AvgIpc) is 2.38. The largest absolute Gasteiger partial charge is 0.417 e. The number of alkyl halides is 3. The molecule has 0 saturated carbocycles. The summed E-state index contributed by atoms with van der Waals surface area (Å²) in [5, 5.41) is 0. The van der Waals surface area contributed by atoms with Gasteiger partial charge in [-0.2, -0.15) is 24.9 Å². The van der Waals surface area contributed by atoms with Gasteiger partial charge in [-0.15, -0.1) is 0 Å². The lowest BCUT2D eigenvalue weighted by atomic mass is 9.91. The van der Waals surface area contributed by atoms with Crippen LogP contribution in [0.25, 0.3) is 0 Å². The first kappa shape index (κ1) is 15.9. The summed E-state index contributed by atoms with van der Waals surface area (Å²) in [6.07, 6.45) is -2.47. The molecule has 0 bridgehead atoms. The molecule has 0 radical (unpaired) electrons. The fourth-order valence-corrected chi connectivity index (χ4v) is 3.88. The van der Waals surface area contributed by atoms with Gasteiger partial charge in [0.05, 0.1) is 5.56 Å². The van der Waals surface area contributed by atoms with Crippen molar-refractivity contribution < 1.29 is 18.0 Å². The summed E-state index contributed by atoms with van der Waals surface area (Å²) in [7, 11) is 0.